The van der Waals surface area contributed by atoms with Crippen LogP contribution >= 0.6 is 11.8 Å². The van der Waals surface area contributed by atoms with E-state index in [0.717, 1.165) is 36.5 Å². The van der Waals surface area contributed by atoms with E-state index in [2.05, 4.69) is 5.32 Å². The minimum absolute atomic E-state index is 0.0321. The fraction of sp³-hybridized carbons (Fsp3) is 0.529. The van der Waals surface area contributed by atoms with Crippen LogP contribution in [0, 0.1) is 5.92 Å². The molecule has 1 saturated heterocycles. The predicted octanol–water partition coefficient (Wildman–Crippen LogP) is 3.14. The van der Waals surface area contributed by atoms with E-state index >= 15 is 0 Å². The summed E-state index contributed by atoms with van der Waals surface area (Å²) in [6, 6.07) is 7.83. The summed E-state index contributed by atoms with van der Waals surface area (Å²) in [5, 5.41) is 3.08. The van der Waals surface area contributed by atoms with Gasteiger partial charge in [-0.25, -0.2) is 0 Å². The van der Waals surface area contributed by atoms with Crippen molar-refractivity contribution in [3.63, 3.8) is 0 Å². The highest BCUT2D eigenvalue weighted by Crippen LogP contribution is 2.38. The van der Waals surface area contributed by atoms with E-state index in [1.54, 1.807) is 11.8 Å². The van der Waals surface area contributed by atoms with Crippen molar-refractivity contribution in [1.29, 1.82) is 0 Å². The van der Waals surface area contributed by atoms with Gasteiger partial charge in [0.05, 0.1) is 11.6 Å². The lowest BCUT2D eigenvalue weighted by atomic mass is 9.99. The average molecular weight is 318 g/mol. The maximum atomic E-state index is 12.5. The SMILES string of the molecule is C[C@H]1Sc2ccccc2NC(=O)[C@@H]1CC(=O)N1CCCCC1. The van der Waals surface area contributed by atoms with E-state index < -0.39 is 0 Å². The fourth-order valence-corrected chi connectivity index (χ4v) is 4.30. The molecule has 2 atom stereocenters. The third kappa shape index (κ3) is 3.29. The Morgan fingerprint density at radius 1 is 1.27 bits per heavy atom. The first-order chi connectivity index (χ1) is 10.6. The fourth-order valence-electron chi connectivity index (χ4n) is 3.11. The summed E-state index contributed by atoms with van der Waals surface area (Å²) in [6.07, 6.45) is 3.68. The van der Waals surface area contributed by atoms with Gasteiger partial charge in [0.25, 0.3) is 0 Å². The van der Waals surface area contributed by atoms with Crippen LogP contribution in [0.15, 0.2) is 29.2 Å². The summed E-state index contributed by atoms with van der Waals surface area (Å²) >= 11 is 1.68. The summed E-state index contributed by atoms with van der Waals surface area (Å²) < 4.78 is 0. The Morgan fingerprint density at radius 2 is 2.00 bits per heavy atom. The number of para-hydroxylation sites is 1. The van der Waals surface area contributed by atoms with E-state index in [4.69, 9.17) is 0 Å². The highest BCUT2D eigenvalue weighted by molar-refractivity contribution is 8.00. The minimum Gasteiger partial charge on any atom is -0.343 e. The molecule has 2 aliphatic rings. The number of piperidine rings is 1. The topological polar surface area (TPSA) is 49.4 Å². The Balaban J connectivity index is 1.71. The second kappa shape index (κ2) is 6.73. The number of benzene rings is 1. The van der Waals surface area contributed by atoms with Crippen LogP contribution in [0.5, 0.6) is 0 Å². The van der Waals surface area contributed by atoms with Crippen LogP contribution in [-0.4, -0.2) is 35.1 Å². The molecule has 1 aromatic carbocycles. The molecule has 0 radical (unpaired) electrons. The molecule has 0 saturated carbocycles. The summed E-state index contributed by atoms with van der Waals surface area (Å²) in [7, 11) is 0. The normalized spacial score (nSPS) is 25.1. The zero-order valence-electron chi connectivity index (χ0n) is 12.9. The standard InChI is InChI=1S/C17H22N2O2S/c1-12-13(11-16(20)19-9-5-2-6-10-19)17(21)18-14-7-3-4-8-15(14)22-12/h3-4,7-8,12-13H,2,5-6,9-11H2,1H3,(H,18,21)/t12-,13-/m1/s1. The molecule has 0 unspecified atom stereocenters. The van der Waals surface area contributed by atoms with Gasteiger partial charge in [-0.1, -0.05) is 19.1 Å². The largest absolute Gasteiger partial charge is 0.343 e. The van der Waals surface area contributed by atoms with Crippen molar-refractivity contribution in [2.45, 2.75) is 42.8 Å². The summed E-state index contributed by atoms with van der Waals surface area (Å²) in [5.74, 6) is -0.180. The molecule has 3 rings (SSSR count). The number of carbonyl (C=O) groups is 2. The number of nitrogens with one attached hydrogen (secondary N) is 1. The number of anilines is 1. The first-order valence-electron chi connectivity index (χ1n) is 7.99. The molecule has 1 N–H and O–H groups in total. The first-order valence-corrected chi connectivity index (χ1v) is 8.87. The Kier molecular flexibility index (Phi) is 4.71. The second-order valence-electron chi connectivity index (χ2n) is 6.06. The van der Waals surface area contributed by atoms with Crippen molar-refractivity contribution in [2.24, 2.45) is 5.92 Å². The van der Waals surface area contributed by atoms with Gasteiger partial charge >= 0.3 is 0 Å². The lowest BCUT2D eigenvalue weighted by Gasteiger charge is -2.29. The lowest BCUT2D eigenvalue weighted by molar-refractivity contribution is -0.135. The Labute approximate surface area is 135 Å². The van der Waals surface area contributed by atoms with Gasteiger partial charge in [-0.3, -0.25) is 9.59 Å². The highest BCUT2D eigenvalue weighted by Gasteiger charge is 2.33. The van der Waals surface area contributed by atoms with Crippen molar-refractivity contribution in [1.82, 2.24) is 4.90 Å². The predicted molar refractivity (Wildman–Crippen MR) is 88.9 cm³/mol. The molecule has 22 heavy (non-hydrogen) atoms. The molecule has 118 valence electrons. The number of hydrogen-bond acceptors (Lipinski definition) is 3. The molecule has 0 aromatic heterocycles. The molecule has 1 fully saturated rings. The first kappa shape index (κ1) is 15.4. The molecule has 0 bridgehead atoms. The van der Waals surface area contributed by atoms with Gasteiger partial charge in [0.1, 0.15) is 0 Å². The molecule has 0 aliphatic carbocycles. The average Bonchev–Trinajstić information content (AvgIpc) is 2.65. The van der Waals surface area contributed by atoms with Crippen molar-refractivity contribution < 1.29 is 9.59 Å². The number of rotatable bonds is 2. The zero-order valence-corrected chi connectivity index (χ0v) is 13.7. The van der Waals surface area contributed by atoms with Crippen molar-refractivity contribution in [2.75, 3.05) is 18.4 Å². The molecule has 2 amide bonds. The van der Waals surface area contributed by atoms with Gasteiger partial charge in [-0.2, -0.15) is 0 Å². The van der Waals surface area contributed by atoms with Gasteiger partial charge in [0.15, 0.2) is 0 Å². The number of fused-ring (bicyclic) bond motifs is 1. The lowest BCUT2D eigenvalue weighted by Crippen LogP contribution is -2.39. The quantitative estimate of drug-likeness (QED) is 0.911. The zero-order chi connectivity index (χ0) is 15.5. The van der Waals surface area contributed by atoms with Crippen LogP contribution in [0.1, 0.15) is 32.6 Å². The van der Waals surface area contributed by atoms with Crippen molar-refractivity contribution in [3.05, 3.63) is 24.3 Å². The van der Waals surface area contributed by atoms with Gasteiger partial charge < -0.3 is 10.2 Å². The van der Waals surface area contributed by atoms with Gasteiger partial charge in [0, 0.05) is 29.7 Å². The van der Waals surface area contributed by atoms with E-state index in [-0.39, 0.29) is 23.0 Å². The number of carbonyl (C=O) groups excluding carboxylic acids is 2. The Bertz CT molecular complexity index is 570. The number of hydrogen-bond donors (Lipinski definition) is 1. The molecule has 1 aromatic rings. The molecular weight excluding hydrogens is 296 g/mol. The number of thioether (sulfide) groups is 1. The van der Waals surface area contributed by atoms with Crippen LogP contribution in [-0.2, 0) is 9.59 Å². The molecule has 0 spiro atoms. The van der Waals surface area contributed by atoms with Crippen LogP contribution in [0.4, 0.5) is 5.69 Å². The molecule has 5 heteroatoms. The molecule has 4 nitrogen and oxygen atoms in total. The maximum Gasteiger partial charge on any atom is 0.229 e. The third-order valence-corrected chi connectivity index (χ3v) is 5.77. The monoisotopic (exact) mass is 318 g/mol. The van der Waals surface area contributed by atoms with Crippen LogP contribution in [0.25, 0.3) is 0 Å². The number of amides is 2. The molecule has 2 aliphatic heterocycles. The maximum absolute atomic E-state index is 12.5. The Hall–Kier alpha value is -1.49. The van der Waals surface area contributed by atoms with E-state index in [1.165, 1.54) is 6.42 Å². The summed E-state index contributed by atoms with van der Waals surface area (Å²) in [4.78, 5) is 28.0. The third-order valence-electron chi connectivity index (χ3n) is 4.46. The summed E-state index contributed by atoms with van der Waals surface area (Å²) in [6.45, 7) is 3.73. The smallest absolute Gasteiger partial charge is 0.229 e. The van der Waals surface area contributed by atoms with E-state index in [9.17, 15) is 9.59 Å². The van der Waals surface area contributed by atoms with E-state index in [1.807, 2.05) is 36.1 Å². The summed E-state index contributed by atoms with van der Waals surface area (Å²) in [5.41, 5.74) is 0.859. The van der Waals surface area contributed by atoms with Crippen LogP contribution in [0.2, 0.25) is 0 Å². The van der Waals surface area contributed by atoms with Crippen molar-refractivity contribution in [3.8, 4) is 0 Å². The van der Waals surface area contributed by atoms with Gasteiger partial charge in [0.2, 0.25) is 11.8 Å². The van der Waals surface area contributed by atoms with Gasteiger partial charge in [-0.15, -0.1) is 11.8 Å². The van der Waals surface area contributed by atoms with E-state index in [0.29, 0.717) is 6.42 Å². The van der Waals surface area contributed by atoms with Crippen LogP contribution < -0.4 is 5.32 Å². The second-order valence-corrected chi connectivity index (χ2v) is 7.48. The van der Waals surface area contributed by atoms with Gasteiger partial charge in [-0.05, 0) is 31.4 Å². The molecule has 2 heterocycles. The molecular formula is C17H22N2O2S. The number of nitrogens with zero attached hydrogens (tertiary/aromatic N) is 1. The van der Waals surface area contributed by atoms with Crippen LogP contribution in [0.3, 0.4) is 0 Å². The number of likely N-dealkylation sites (tertiary alicyclic amines) is 1. The van der Waals surface area contributed by atoms with Crippen molar-refractivity contribution >= 4 is 29.3 Å². The Morgan fingerprint density at radius 3 is 2.77 bits per heavy atom. The highest BCUT2D eigenvalue weighted by atomic mass is 32.2. The minimum atomic E-state index is -0.271.